The number of hydrogen-bond donors (Lipinski definition) is 0. The molecule has 0 N–H and O–H groups in total. The Morgan fingerprint density at radius 2 is 0.821 bits per heavy atom. The van der Waals surface area contributed by atoms with Crippen molar-refractivity contribution < 1.29 is 34.1 Å². The molecule has 0 amide bonds. The summed E-state index contributed by atoms with van der Waals surface area (Å²) >= 11 is 9.53. The molecule has 7 aromatic rings. The van der Waals surface area contributed by atoms with E-state index in [0.29, 0.717) is 23.6 Å². The van der Waals surface area contributed by atoms with E-state index in [1.54, 1.807) is 0 Å². The van der Waals surface area contributed by atoms with Gasteiger partial charge in [-0.05, 0) is 117 Å². The number of nitrogens with zero attached hydrogens (tertiary/aromatic N) is 6. The Hall–Kier alpha value is -3.53. The third-order valence-electron chi connectivity index (χ3n) is 9.19. The van der Waals surface area contributed by atoms with Gasteiger partial charge in [0, 0.05) is 42.1 Å². The monoisotopic (exact) mass is 1070 g/mol. The molecule has 0 saturated carbocycles. The smallest absolute Gasteiger partial charge is 0.358 e. The average Bonchev–Trinajstić information content (AvgIpc) is 3.22. The molecule has 12 heteroatoms. The second-order valence-electron chi connectivity index (χ2n) is 16.6. The summed E-state index contributed by atoms with van der Waals surface area (Å²) < 4.78 is 0. The van der Waals surface area contributed by atoms with Crippen LogP contribution in [0.3, 0.4) is 0 Å². The Labute approximate surface area is 438 Å². The van der Waals surface area contributed by atoms with Crippen molar-refractivity contribution in [2.24, 2.45) is 17.8 Å². The van der Waals surface area contributed by atoms with Crippen molar-refractivity contribution in [3.8, 4) is 0 Å². The molecule has 0 aliphatic carbocycles. The topological polar surface area (TPSA) is 77.3 Å². The number of rotatable bonds is 12. The Morgan fingerprint density at radius 3 is 1.19 bits per heavy atom. The van der Waals surface area contributed by atoms with Crippen LogP contribution in [0.1, 0.15) is 81.5 Å². The van der Waals surface area contributed by atoms with E-state index in [4.69, 9.17) is 43.1 Å². The molecular weight excluding hydrogens is 1000 g/mol. The average molecular weight is 1080 g/mol. The summed E-state index contributed by atoms with van der Waals surface area (Å²) in [6, 6.07) is 48.9. The Balaban J connectivity index is 0.000000963. The summed E-state index contributed by atoms with van der Waals surface area (Å²) in [7, 11) is -1.90. The van der Waals surface area contributed by atoms with Gasteiger partial charge in [0.05, 0.1) is 5.34 Å². The Kier molecular flexibility index (Phi) is 32.1. The van der Waals surface area contributed by atoms with Crippen LogP contribution in [0.15, 0.2) is 140 Å². The number of halogens is 2. The molecular formula is C55H70Cl2Cu2N6P2+. The standard InChI is InChI=1S/2C21H23N2P.C10H15N2.CH2Cl2.2CH3.2Cu/c2*1-16(2)14-18-15-17(3)22-21(23-18)24(19-10-6-4-7-11-19)20-12-8-5-9-13-20;1-7(2)5-10-6-8(3)11-9(4)12-10;2-1-3;;;;/h2*4-13,15-16H,14H2,1-3H3;6-7H,4-5H2,1-3H3;1H2;2*1H3;;/q;;-1;;2*-1;+1;+2/p+1. The van der Waals surface area contributed by atoms with Gasteiger partial charge in [-0.25, -0.2) is 19.9 Å². The van der Waals surface area contributed by atoms with Crippen LogP contribution in [0, 0.1) is 60.3 Å². The van der Waals surface area contributed by atoms with Crippen LogP contribution in [0.2, 0.25) is 0 Å². The molecule has 7 rings (SSSR count). The quantitative estimate of drug-likeness (QED) is 0.0525. The van der Waals surface area contributed by atoms with Crippen LogP contribution in [0.25, 0.3) is 0 Å². The van der Waals surface area contributed by atoms with Crippen molar-refractivity contribution in [2.75, 3.05) is 5.34 Å². The first kappa shape index (κ1) is 63.5. The zero-order valence-corrected chi connectivity index (χ0v) is 46.3. The van der Waals surface area contributed by atoms with Crippen LogP contribution in [0.4, 0.5) is 0 Å². The van der Waals surface area contributed by atoms with E-state index in [1.807, 2.05) is 13.0 Å². The van der Waals surface area contributed by atoms with Gasteiger partial charge in [-0.1, -0.05) is 139 Å². The molecule has 0 spiro atoms. The van der Waals surface area contributed by atoms with Crippen LogP contribution in [-0.4, -0.2) is 35.2 Å². The predicted molar refractivity (Wildman–Crippen MR) is 289 cm³/mol. The zero-order chi connectivity index (χ0) is 45.7. The van der Waals surface area contributed by atoms with E-state index in [2.05, 4.69) is 206 Å². The van der Waals surface area contributed by atoms with E-state index < -0.39 is 15.8 Å². The van der Waals surface area contributed by atoms with Crippen LogP contribution < -0.4 is 32.3 Å². The summed E-state index contributed by atoms with van der Waals surface area (Å²) in [5.74, 6) is 2.45. The third-order valence-corrected chi connectivity index (χ3v) is 13.9. The fraction of sp³-hybridized carbons (Fsp3) is 0.291. The van der Waals surface area contributed by atoms with Crippen LogP contribution >= 0.6 is 39.0 Å². The minimum Gasteiger partial charge on any atom is -0.358 e. The summed E-state index contributed by atoms with van der Waals surface area (Å²) in [6.07, 6.45) is 2.99. The second-order valence-corrected chi connectivity index (χ2v) is 21.8. The molecule has 6 nitrogen and oxygen atoms in total. The van der Waals surface area contributed by atoms with Gasteiger partial charge >= 0.3 is 34.1 Å². The van der Waals surface area contributed by atoms with Gasteiger partial charge < -0.3 is 21.8 Å². The normalized spacial score (nSPS) is 10.2. The van der Waals surface area contributed by atoms with E-state index in [9.17, 15) is 0 Å². The maximum Gasteiger partial charge on any atom is 2.00 e. The van der Waals surface area contributed by atoms with Crippen molar-refractivity contribution in [1.82, 2.24) is 29.9 Å². The first-order chi connectivity index (χ1) is 30.3. The molecule has 67 heavy (non-hydrogen) atoms. The van der Waals surface area contributed by atoms with E-state index >= 15 is 0 Å². The van der Waals surface area contributed by atoms with E-state index in [-0.39, 0.29) is 54.3 Å². The van der Waals surface area contributed by atoms with Gasteiger partial charge in [0.15, 0.2) is 5.57 Å². The first-order valence-corrected chi connectivity index (χ1v) is 25.5. The molecule has 4 aromatic carbocycles. The van der Waals surface area contributed by atoms with Gasteiger partial charge in [-0.3, -0.25) is 9.97 Å². The fourth-order valence-electron chi connectivity index (χ4n) is 6.90. The molecule has 0 atom stereocenters. The third kappa shape index (κ3) is 22.6. The molecule has 3 heterocycles. The van der Waals surface area contributed by atoms with E-state index in [0.717, 1.165) is 64.6 Å². The minimum absolute atomic E-state index is 0. The number of benzene rings is 4. The molecule has 0 aliphatic heterocycles. The molecule has 365 valence electrons. The summed E-state index contributed by atoms with van der Waals surface area (Å²) in [5, 5.41) is 5.43. The maximum absolute atomic E-state index is 4.96. The van der Waals surface area contributed by atoms with Crippen LogP contribution in [-0.2, 0) is 53.4 Å². The molecule has 0 aliphatic rings. The fourth-order valence-corrected chi connectivity index (χ4v) is 11.5. The summed E-state index contributed by atoms with van der Waals surface area (Å²) in [5.41, 5.74) is 8.47. The van der Waals surface area contributed by atoms with Gasteiger partial charge in [0.2, 0.25) is 0 Å². The summed E-state index contributed by atoms with van der Waals surface area (Å²) in [4.78, 5) is 27.9. The number of alkyl halides is 2. The number of aromatic nitrogens is 6. The number of hydrogen-bond acceptors (Lipinski definition) is 6. The molecule has 0 unspecified atom stereocenters. The molecule has 0 bridgehead atoms. The Morgan fingerprint density at radius 1 is 0.493 bits per heavy atom. The Bertz CT molecular complexity index is 2140. The van der Waals surface area contributed by atoms with Crippen LogP contribution in [0.5, 0.6) is 0 Å². The number of aryl methyl sites for hydroxylation is 3. The van der Waals surface area contributed by atoms with Crippen molar-refractivity contribution in [1.29, 1.82) is 0 Å². The predicted octanol–water partition coefficient (Wildman–Crippen LogP) is 11.7. The maximum atomic E-state index is 4.96. The van der Waals surface area contributed by atoms with Crippen molar-refractivity contribution in [3.05, 3.63) is 201 Å². The summed E-state index contributed by atoms with van der Waals surface area (Å²) in [6.45, 7) is 23.1. The largest absolute Gasteiger partial charge is 2.00 e. The molecule has 1 radical (unpaired) electrons. The van der Waals surface area contributed by atoms with Gasteiger partial charge in [0.1, 0.15) is 18.5 Å². The van der Waals surface area contributed by atoms with E-state index in [1.165, 1.54) is 21.2 Å². The molecule has 0 saturated heterocycles. The van der Waals surface area contributed by atoms with Crippen molar-refractivity contribution in [3.63, 3.8) is 0 Å². The SMILES string of the molecule is Cc1cc(CC(C)C)nc(P(c2ccccc2)c2ccccc2)n1.Cc1cc(CC(C)C)nc([PH+](c2ccccc2)c2ccccc2)n1.ClCCl.[CH2-]c1nc(C)cc(CC(C)C)n1.[CH3-].[CH3-].[Cu+2].[Cu+]. The molecule has 0 fully saturated rings. The van der Waals surface area contributed by atoms with Gasteiger partial charge in [0.25, 0.3) is 5.57 Å². The van der Waals surface area contributed by atoms with Gasteiger partial charge in [-0.15, -0.1) is 23.2 Å². The minimum atomic E-state index is -1.18. The van der Waals surface area contributed by atoms with Gasteiger partial charge in [-0.2, -0.15) is 0 Å². The van der Waals surface area contributed by atoms with Crippen molar-refractivity contribution in [2.45, 2.75) is 81.6 Å². The first-order valence-electron chi connectivity index (χ1n) is 21.6. The van der Waals surface area contributed by atoms with Crippen molar-refractivity contribution >= 4 is 71.4 Å². The zero-order valence-electron chi connectivity index (χ0n) is 41.0. The second kappa shape index (κ2) is 33.9. The molecule has 3 aromatic heterocycles.